The number of rotatable bonds is 2. The molecule has 0 aliphatic carbocycles. The second kappa shape index (κ2) is 5.72. The predicted octanol–water partition coefficient (Wildman–Crippen LogP) is 4.46. The quantitative estimate of drug-likeness (QED) is 0.870. The molecule has 1 aromatic carbocycles. The molecule has 1 aromatic rings. The molecule has 0 aromatic heterocycles. The summed E-state index contributed by atoms with van der Waals surface area (Å²) >= 11 is 14.1. The number of benzene rings is 1. The predicted molar refractivity (Wildman–Crippen MR) is 83.7 cm³/mol. The van der Waals surface area contributed by atoms with Crippen LogP contribution in [0, 0.1) is 0 Å². The van der Waals surface area contributed by atoms with Crippen LogP contribution in [0.15, 0.2) is 18.2 Å². The monoisotopic (exact) mass is 317 g/mol. The average molecular weight is 318 g/mol. The molecule has 104 valence electrons. The Morgan fingerprint density at radius 3 is 2.74 bits per heavy atom. The van der Waals surface area contributed by atoms with E-state index < -0.39 is 0 Å². The molecule has 3 rings (SSSR count). The molecule has 2 saturated heterocycles. The number of halogens is 2. The third-order valence-electron chi connectivity index (χ3n) is 3.79. The summed E-state index contributed by atoms with van der Waals surface area (Å²) in [4.78, 5) is 0. The van der Waals surface area contributed by atoms with Gasteiger partial charge in [0, 0.05) is 34.1 Å². The normalized spacial score (nSPS) is 30.7. The SMILES string of the molecule is Clc1cc(Cl)cc(NC2CCOC3(CCSC3)C2)c1. The van der Waals surface area contributed by atoms with Crippen LogP contribution in [-0.2, 0) is 4.74 Å². The summed E-state index contributed by atoms with van der Waals surface area (Å²) in [6.45, 7) is 0.840. The van der Waals surface area contributed by atoms with Gasteiger partial charge in [-0.1, -0.05) is 23.2 Å². The van der Waals surface area contributed by atoms with Crippen molar-refractivity contribution in [3.05, 3.63) is 28.2 Å². The summed E-state index contributed by atoms with van der Waals surface area (Å²) in [5.74, 6) is 2.34. The van der Waals surface area contributed by atoms with E-state index in [1.165, 1.54) is 12.2 Å². The zero-order valence-electron chi connectivity index (χ0n) is 10.6. The fourth-order valence-electron chi connectivity index (χ4n) is 2.89. The van der Waals surface area contributed by atoms with Crippen LogP contribution in [0.4, 0.5) is 5.69 Å². The van der Waals surface area contributed by atoms with Gasteiger partial charge < -0.3 is 10.1 Å². The number of thioether (sulfide) groups is 1. The summed E-state index contributed by atoms with van der Waals surface area (Å²) in [6.07, 6.45) is 3.28. The summed E-state index contributed by atoms with van der Waals surface area (Å²) in [5, 5.41) is 4.90. The molecule has 2 nitrogen and oxygen atoms in total. The van der Waals surface area contributed by atoms with Gasteiger partial charge in [-0.25, -0.2) is 0 Å². The van der Waals surface area contributed by atoms with Gasteiger partial charge in [0.25, 0.3) is 0 Å². The number of anilines is 1. The summed E-state index contributed by atoms with van der Waals surface area (Å²) in [7, 11) is 0. The minimum absolute atomic E-state index is 0.100. The fraction of sp³-hybridized carbons (Fsp3) is 0.571. The van der Waals surface area contributed by atoms with Gasteiger partial charge >= 0.3 is 0 Å². The molecule has 2 aliphatic heterocycles. The van der Waals surface area contributed by atoms with E-state index in [4.69, 9.17) is 27.9 Å². The van der Waals surface area contributed by atoms with Crippen LogP contribution >= 0.6 is 35.0 Å². The highest BCUT2D eigenvalue weighted by Gasteiger charge is 2.40. The lowest BCUT2D eigenvalue weighted by molar-refractivity contribution is -0.0628. The molecule has 0 bridgehead atoms. The second-order valence-electron chi connectivity index (χ2n) is 5.33. The van der Waals surface area contributed by atoms with E-state index in [9.17, 15) is 0 Å². The van der Waals surface area contributed by atoms with Crippen molar-refractivity contribution in [1.82, 2.24) is 0 Å². The Hall–Kier alpha value is -0.0900. The minimum atomic E-state index is 0.100. The molecule has 0 radical (unpaired) electrons. The van der Waals surface area contributed by atoms with Gasteiger partial charge in [0.1, 0.15) is 0 Å². The minimum Gasteiger partial charge on any atom is -0.382 e. The van der Waals surface area contributed by atoms with Crippen LogP contribution < -0.4 is 5.32 Å². The van der Waals surface area contributed by atoms with Crippen molar-refractivity contribution in [3.8, 4) is 0 Å². The highest BCUT2D eigenvalue weighted by atomic mass is 35.5. The largest absolute Gasteiger partial charge is 0.382 e. The van der Waals surface area contributed by atoms with E-state index in [0.717, 1.165) is 30.9 Å². The molecule has 5 heteroatoms. The van der Waals surface area contributed by atoms with Gasteiger partial charge in [0.2, 0.25) is 0 Å². The highest BCUT2D eigenvalue weighted by Crippen LogP contribution is 2.39. The maximum Gasteiger partial charge on any atom is 0.0799 e. The van der Waals surface area contributed by atoms with Crippen LogP contribution in [0.5, 0.6) is 0 Å². The van der Waals surface area contributed by atoms with Gasteiger partial charge in [0.05, 0.1) is 5.60 Å². The lowest BCUT2D eigenvalue weighted by atomic mass is 9.90. The van der Waals surface area contributed by atoms with E-state index in [1.807, 2.05) is 23.9 Å². The third kappa shape index (κ3) is 3.33. The van der Waals surface area contributed by atoms with Crippen molar-refractivity contribution < 1.29 is 4.74 Å². The molecule has 1 N–H and O–H groups in total. The molecule has 1 spiro atoms. The van der Waals surface area contributed by atoms with E-state index in [2.05, 4.69) is 5.32 Å². The lowest BCUT2D eigenvalue weighted by Gasteiger charge is -2.38. The third-order valence-corrected chi connectivity index (χ3v) is 5.45. The first-order valence-electron chi connectivity index (χ1n) is 6.60. The molecule has 2 fully saturated rings. The van der Waals surface area contributed by atoms with Gasteiger partial charge in [-0.3, -0.25) is 0 Å². The lowest BCUT2D eigenvalue weighted by Crippen LogP contribution is -2.44. The summed E-state index contributed by atoms with van der Waals surface area (Å²) < 4.78 is 6.03. The van der Waals surface area contributed by atoms with E-state index in [-0.39, 0.29) is 5.60 Å². The second-order valence-corrected chi connectivity index (χ2v) is 7.30. The van der Waals surface area contributed by atoms with Crippen LogP contribution in [0.2, 0.25) is 10.0 Å². The zero-order chi connectivity index (χ0) is 13.3. The van der Waals surface area contributed by atoms with Gasteiger partial charge in [0.15, 0.2) is 0 Å². The molecule has 19 heavy (non-hydrogen) atoms. The number of hydrogen-bond acceptors (Lipinski definition) is 3. The summed E-state index contributed by atoms with van der Waals surface area (Å²) in [5.41, 5.74) is 1.10. The Bertz CT molecular complexity index is 443. The van der Waals surface area contributed by atoms with Gasteiger partial charge in [-0.05, 0) is 43.2 Å². The molecular formula is C14H17Cl2NOS. The average Bonchev–Trinajstić information content (AvgIpc) is 2.76. The van der Waals surface area contributed by atoms with Crippen molar-refractivity contribution in [2.24, 2.45) is 0 Å². The van der Waals surface area contributed by atoms with Crippen LogP contribution in [0.3, 0.4) is 0 Å². The Morgan fingerprint density at radius 2 is 2.05 bits per heavy atom. The van der Waals surface area contributed by atoms with E-state index in [1.54, 1.807) is 6.07 Å². The Balaban J connectivity index is 1.69. The molecular weight excluding hydrogens is 301 g/mol. The number of nitrogens with one attached hydrogen (secondary N) is 1. The summed E-state index contributed by atoms with van der Waals surface area (Å²) in [6, 6.07) is 6.06. The fourth-order valence-corrected chi connectivity index (χ4v) is 4.79. The Kier molecular flexibility index (Phi) is 4.18. The number of hydrogen-bond donors (Lipinski definition) is 1. The molecule has 0 amide bonds. The van der Waals surface area contributed by atoms with Crippen molar-refractivity contribution in [3.63, 3.8) is 0 Å². The zero-order valence-corrected chi connectivity index (χ0v) is 13.0. The molecule has 2 unspecified atom stereocenters. The molecule has 0 saturated carbocycles. The van der Waals surface area contributed by atoms with Crippen LogP contribution in [0.25, 0.3) is 0 Å². The Morgan fingerprint density at radius 1 is 1.26 bits per heavy atom. The molecule has 2 atom stereocenters. The van der Waals surface area contributed by atoms with Crippen LogP contribution in [0.1, 0.15) is 19.3 Å². The van der Waals surface area contributed by atoms with Gasteiger partial charge in [-0.15, -0.1) is 0 Å². The van der Waals surface area contributed by atoms with E-state index >= 15 is 0 Å². The smallest absolute Gasteiger partial charge is 0.0799 e. The molecule has 2 aliphatic rings. The first-order valence-corrected chi connectivity index (χ1v) is 8.51. The van der Waals surface area contributed by atoms with Crippen molar-refractivity contribution in [1.29, 1.82) is 0 Å². The maximum absolute atomic E-state index is 6.04. The van der Waals surface area contributed by atoms with Gasteiger partial charge in [-0.2, -0.15) is 11.8 Å². The number of ether oxygens (including phenoxy) is 1. The van der Waals surface area contributed by atoms with Crippen molar-refractivity contribution in [2.45, 2.75) is 30.9 Å². The highest BCUT2D eigenvalue weighted by molar-refractivity contribution is 7.99. The first kappa shape index (κ1) is 13.9. The van der Waals surface area contributed by atoms with Crippen molar-refractivity contribution in [2.75, 3.05) is 23.4 Å². The van der Waals surface area contributed by atoms with E-state index in [0.29, 0.717) is 16.1 Å². The topological polar surface area (TPSA) is 21.3 Å². The first-order chi connectivity index (χ1) is 9.15. The van der Waals surface area contributed by atoms with Crippen molar-refractivity contribution >= 4 is 40.7 Å². The standard InChI is InChI=1S/C14H17Cl2NOS/c15-10-5-11(16)7-13(6-10)17-12-1-3-18-14(8-12)2-4-19-9-14/h5-7,12,17H,1-4,8-9H2. The Labute approximate surface area is 128 Å². The van der Waals surface area contributed by atoms with Crippen LogP contribution in [-0.4, -0.2) is 29.8 Å². The molecule has 2 heterocycles. The maximum atomic E-state index is 6.04.